The quantitative estimate of drug-likeness (QED) is 0.539. The minimum absolute atomic E-state index is 0.343. The van der Waals surface area contributed by atoms with Gasteiger partial charge >= 0.3 is 0 Å². The monoisotopic (exact) mass is 382 g/mol. The van der Waals surface area contributed by atoms with Gasteiger partial charge in [-0.1, -0.05) is 72.8 Å². The van der Waals surface area contributed by atoms with Crippen molar-refractivity contribution in [2.75, 3.05) is 13.7 Å². The Hall–Kier alpha value is -3.09. The van der Waals surface area contributed by atoms with Crippen LogP contribution < -0.4 is 4.74 Å². The van der Waals surface area contributed by atoms with E-state index in [-0.39, 0.29) is 5.41 Å². The van der Waals surface area contributed by atoms with Gasteiger partial charge in [-0.15, -0.1) is 0 Å². The van der Waals surface area contributed by atoms with Gasteiger partial charge in [0, 0.05) is 19.6 Å². The van der Waals surface area contributed by atoms with Crippen molar-refractivity contribution in [1.82, 2.24) is 4.90 Å². The van der Waals surface area contributed by atoms with Gasteiger partial charge in [-0.05, 0) is 41.2 Å². The zero-order valence-electron chi connectivity index (χ0n) is 16.8. The summed E-state index contributed by atoms with van der Waals surface area (Å²) >= 11 is 0. The third-order valence-corrected chi connectivity index (χ3v) is 5.86. The number of methoxy groups -OCH3 is 1. The van der Waals surface area contributed by atoms with E-state index in [1.165, 1.54) is 11.1 Å². The molecule has 3 aromatic rings. The zero-order chi connectivity index (χ0) is 20.1. The van der Waals surface area contributed by atoms with Gasteiger partial charge in [0.05, 0.1) is 18.6 Å². The summed E-state index contributed by atoms with van der Waals surface area (Å²) in [5.41, 5.74) is 3.32. The van der Waals surface area contributed by atoms with Crippen LogP contribution in [0.15, 0.2) is 84.9 Å². The van der Waals surface area contributed by atoms with Crippen LogP contribution in [0.2, 0.25) is 0 Å². The molecule has 1 aliphatic carbocycles. The fourth-order valence-corrected chi connectivity index (χ4v) is 4.21. The summed E-state index contributed by atoms with van der Waals surface area (Å²) in [4.78, 5) is 2.46. The first kappa shape index (κ1) is 19.2. The van der Waals surface area contributed by atoms with Crippen LogP contribution in [0, 0.1) is 17.2 Å². The largest absolute Gasteiger partial charge is 0.497 e. The molecule has 29 heavy (non-hydrogen) atoms. The van der Waals surface area contributed by atoms with E-state index in [0.717, 1.165) is 37.4 Å². The number of benzene rings is 3. The van der Waals surface area contributed by atoms with Crippen molar-refractivity contribution in [2.24, 2.45) is 5.92 Å². The lowest BCUT2D eigenvalue weighted by Gasteiger charge is -2.24. The van der Waals surface area contributed by atoms with Crippen molar-refractivity contribution in [3.05, 3.63) is 102 Å². The summed E-state index contributed by atoms with van der Waals surface area (Å²) in [7, 11) is 1.70. The Balaban J connectivity index is 1.53. The summed E-state index contributed by atoms with van der Waals surface area (Å²) in [5, 5.41) is 9.96. The van der Waals surface area contributed by atoms with Gasteiger partial charge in [-0.2, -0.15) is 5.26 Å². The molecule has 0 aliphatic heterocycles. The number of nitrogens with zero attached hydrogens (tertiary/aromatic N) is 2. The molecule has 0 unspecified atom stereocenters. The predicted molar refractivity (Wildman–Crippen MR) is 115 cm³/mol. The fraction of sp³-hybridized carbons (Fsp3) is 0.269. The van der Waals surface area contributed by atoms with E-state index in [2.05, 4.69) is 59.5 Å². The number of rotatable bonds is 8. The molecule has 4 rings (SSSR count). The van der Waals surface area contributed by atoms with Crippen LogP contribution in [-0.2, 0) is 18.5 Å². The molecule has 3 heteroatoms. The van der Waals surface area contributed by atoms with E-state index in [9.17, 15) is 5.26 Å². The Kier molecular flexibility index (Phi) is 5.64. The number of ether oxygens (including phenoxy) is 1. The highest BCUT2D eigenvalue weighted by molar-refractivity contribution is 5.41. The Morgan fingerprint density at radius 3 is 2.28 bits per heavy atom. The minimum atomic E-state index is -0.343. The third kappa shape index (κ3) is 4.34. The third-order valence-electron chi connectivity index (χ3n) is 5.86. The first-order valence-electron chi connectivity index (χ1n) is 10.1. The molecule has 0 heterocycles. The van der Waals surface area contributed by atoms with E-state index in [0.29, 0.717) is 5.92 Å². The Labute approximate surface area is 173 Å². The topological polar surface area (TPSA) is 36.3 Å². The molecule has 3 aromatic carbocycles. The molecule has 0 aromatic heterocycles. The van der Waals surface area contributed by atoms with Crippen LogP contribution in [0.4, 0.5) is 0 Å². The number of nitriles is 1. The molecular formula is C26H26N2O. The van der Waals surface area contributed by atoms with Crippen molar-refractivity contribution in [3.63, 3.8) is 0 Å². The van der Waals surface area contributed by atoms with Gasteiger partial charge < -0.3 is 4.74 Å². The van der Waals surface area contributed by atoms with Crippen LogP contribution in [0.5, 0.6) is 5.75 Å². The molecule has 0 N–H and O–H groups in total. The van der Waals surface area contributed by atoms with Crippen LogP contribution in [0.25, 0.3) is 0 Å². The fourth-order valence-electron chi connectivity index (χ4n) is 4.21. The summed E-state index contributed by atoms with van der Waals surface area (Å²) in [6, 6.07) is 31.7. The molecule has 146 valence electrons. The Morgan fingerprint density at radius 1 is 0.931 bits per heavy atom. The van der Waals surface area contributed by atoms with Crippen molar-refractivity contribution in [2.45, 2.75) is 24.9 Å². The number of hydrogen-bond acceptors (Lipinski definition) is 3. The first-order chi connectivity index (χ1) is 14.2. The summed E-state index contributed by atoms with van der Waals surface area (Å²) in [6.07, 6.45) is 0.927. The Bertz CT molecular complexity index is 980. The molecule has 1 saturated carbocycles. The molecular weight excluding hydrogens is 356 g/mol. The lowest BCUT2D eigenvalue weighted by atomic mass is 9.94. The Morgan fingerprint density at radius 2 is 1.59 bits per heavy atom. The van der Waals surface area contributed by atoms with E-state index in [4.69, 9.17) is 4.74 Å². The second-order valence-electron chi connectivity index (χ2n) is 7.86. The smallest absolute Gasteiger partial charge is 0.119 e. The van der Waals surface area contributed by atoms with Crippen LogP contribution >= 0.6 is 0 Å². The molecule has 0 saturated heterocycles. The highest BCUT2D eigenvalue weighted by atomic mass is 16.5. The number of hydrogen-bond donors (Lipinski definition) is 0. The van der Waals surface area contributed by atoms with E-state index < -0.39 is 0 Å². The lowest BCUT2D eigenvalue weighted by Crippen LogP contribution is -2.27. The van der Waals surface area contributed by atoms with Crippen molar-refractivity contribution in [3.8, 4) is 11.8 Å². The molecule has 0 amide bonds. The van der Waals surface area contributed by atoms with Crippen molar-refractivity contribution < 1.29 is 4.74 Å². The summed E-state index contributed by atoms with van der Waals surface area (Å²) < 4.78 is 5.39. The molecule has 0 spiro atoms. The van der Waals surface area contributed by atoms with Gasteiger partial charge in [-0.25, -0.2) is 0 Å². The standard InChI is InChI=1S/C26H26N2O/c1-29-25-14-8-11-22(15-25)18-28(17-21-9-4-2-5-10-21)19-24-16-26(24,20-27)23-12-6-3-7-13-23/h2-15,24H,16-19H2,1H3/t24-,26-/m0/s1. The molecule has 0 radical (unpaired) electrons. The van der Waals surface area contributed by atoms with Crippen LogP contribution in [0.3, 0.4) is 0 Å². The van der Waals surface area contributed by atoms with Gasteiger partial charge in [-0.3, -0.25) is 4.90 Å². The van der Waals surface area contributed by atoms with Gasteiger partial charge in [0.15, 0.2) is 0 Å². The molecule has 1 fully saturated rings. The minimum Gasteiger partial charge on any atom is -0.497 e. The summed E-state index contributed by atoms with van der Waals surface area (Å²) in [5.74, 6) is 1.23. The average molecular weight is 383 g/mol. The highest BCUT2D eigenvalue weighted by Gasteiger charge is 2.56. The summed E-state index contributed by atoms with van der Waals surface area (Å²) in [6.45, 7) is 2.60. The SMILES string of the molecule is COc1cccc(CN(Cc2ccccc2)C[C@@H]2C[C@]2(C#N)c2ccccc2)c1. The molecule has 0 bridgehead atoms. The maximum absolute atomic E-state index is 9.96. The average Bonchev–Trinajstić information content (AvgIpc) is 3.49. The normalized spacial score (nSPS) is 20.2. The maximum atomic E-state index is 9.96. The molecule has 3 nitrogen and oxygen atoms in total. The lowest BCUT2D eigenvalue weighted by molar-refractivity contribution is 0.241. The zero-order valence-corrected chi connectivity index (χ0v) is 16.8. The van der Waals surface area contributed by atoms with Crippen LogP contribution in [-0.4, -0.2) is 18.6 Å². The van der Waals surface area contributed by atoms with Gasteiger partial charge in [0.1, 0.15) is 5.75 Å². The molecule has 2 atom stereocenters. The maximum Gasteiger partial charge on any atom is 0.119 e. The van der Waals surface area contributed by atoms with Crippen molar-refractivity contribution >= 4 is 0 Å². The predicted octanol–water partition coefficient (Wildman–Crippen LogP) is 5.18. The van der Waals surface area contributed by atoms with Crippen molar-refractivity contribution in [1.29, 1.82) is 5.26 Å². The van der Waals surface area contributed by atoms with E-state index in [1.54, 1.807) is 7.11 Å². The highest BCUT2D eigenvalue weighted by Crippen LogP contribution is 2.54. The molecule has 1 aliphatic rings. The second-order valence-corrected chi connectivity index (χ2v) is 7.86. The van der Waals surface area contributed by atoms with E-state index in [1.807, 2.05) is 36.4 Å². The second kappa shape index (κ2) is 8.51. The van der Waals surface area contributed by atoms with Gasteiger partial charge in [0.2, 0.25) is 0 Å². The van der Waals surface area contributed by atoms with Gasteiger partial charge in [0.25, 0.3) is 0 Å². The van der Waals surface area contributed by atoms with E-state index >= 15 is 0 Å². The van der Waals surface area contributed by atoms with Crippen LogP contribution in [0.1, 0.15) is 23.1 Å². The first-order valence-corrected chi connectivity index (χ1v) is 10.1.